The van der Waals surface area contributed by atoms with E-state index < -0.39 is 0 Å². The lowest BCUT2D eigenvalue weighted by Gasteiger charge is -2.17. The Hall–Kier alpha value is -1.73. The van der Waals surface area contributed by atoms with Crippen molar-refractivity contribution in [3.63, 3.8) is 0 Å². The average Bonchev–Trinajstić information content (AvgIpc) is 3.18. The predicted molar refractivity (Wildman–Crippen MR) is 74.2 cm³/mol. The molecule has 1 saturated carbocycles. The van der Waals surface area contributed by atoms with Crippen LogP contribution in [0.5, 0.6) is 5.75 Å². The summed E-state index contributed by atoms with van der Waals surface area (Å²) >= 11 is 0. The molecule has 1 unspecified atom stereocenters. The molecule has 100 valence electrons. The molecular formula is C15H19N3O. The lowest BCUT2D eigenvalue weighted by Crippen LogP contribution is -2.27. The molecule has 1 saturated heterocycles. The molecule has 0 aromatic heterocycles. The van der Waals surface area contributed by atoms with E-state index in [1.54, 1.807) is 0 Å². The van der Waals surface area contributed by atoms with Crippen molar-refractivity contribution < 1.29 is 4.74 Å². The van der Waals surface area contributed by atoms with Gasteiger partial charge in [0.25, 0.3) is 0 Å². The second-order valence-corrected chi connectivity index (χ2v) is 5.33. The van der Waals surface area contributed by atoms with Crippen LogP contribution in [0.3, 0.4) is 0 Å². The first-order valence-electron chi connectivity index (χ1n) is 6.95. The molecule has 4 nitrogen and oxygen atoms in total. The molecule has 1 atom stereocenters. The second-order valence-electron chi connectivity index (χ2n) is 5.33. The number of nitriles is 1. The molecule has 3 rings (SSSR count). The van der Waals surface area contributed by atoms with E-state index in [1.165, 1.54) is 25.8 Å². The van der Waals surface area contributed by atoms with Gasteiger partial charge in [-0.05, 0) is 31.4 Å². The number of ether oxygens (including phenoxy) is 1. The van der Waals surface area contributed by atoms with Gasteiger partial charge in [-0.1, -0.05) is 6.07 Å². The molecule has 2 aliphatic rings. The molecule has 1 N–H and O–H groups in total. The van der Waals surface area contributed by atoms with E-state index in [0.717, 1.165) is 24.0 Å². The van der Waals surface area contributed by atoms with Crippen LogP contribution in [0, 0.1) is 11.3 Å². The molecular weight excluding hydrogens is 238 g/mol. The molecule has 0 radical (unpaired) electrons. The van der Waals surface area contributed by atoms with Gasteiger partial charge in [-0.15, -0.1) is 0 Å². The van der Waals surface area contributed by atoms with Gasteiger partial charge in [0.05, 0.1) is 0 Å². The predicted octanol–water partition coefficient (Wildman–Crippen LogP) is 2.24. The van der Waals surface area contributed by atoms with Crippen molar-refractivity contribution in [2.45, 2.75) is 31.3 Å². The van der Waals surface area contributed by atoms with E-state index in [9.17, 15) is 0 Å². The van der Waals surface area contributed by atoms with Crippen molar-refractivity contribution in [1.82, 2.24) is 4.90 Å². The maximum Gasteiger partial charge on any atom is 0.174 e. The Balaban J connectivity index is 1.56. The van der Waals surface area contributed by atoms with Crippen LogP contribution in [-0.4, -0.2) is 36.7 Å². The summed E-state index contributed by atoms with van der Waals surface area (Å²) < 4.78 is 5.32. The molecule has 0 amide bonds. The number of benzene rings is 1. The molecule has 1 aromatic rings. The fourth-order valence-electron chi connectivity index (χ4n) is 2.70. The van der Waals surface area contributed by atoms with Gasteiger partial charge in [-0.25, -0.2) is 0 Å². The highest BCUT2D eigenvalue weighted by atomic mass is 16.5. The maximum atomic E-state index is 8.52. The van der Waals surface area contributed by atoms with Crippen molar-refractivity contribution >= 4 is 5.69 Å². The highest BCUT2D eigenvalue weighted by Crippen LogP contribution is 2.30. The Morgan fingerprint density at radius 3 is 3.05 bits per heavy atom. The van der Waals surface area contributed by atoms with E-state index in [1.807, 2.05) is 24.3 Å². The molecule has 0 spiro atoms. The largest absolute Gasteiger partial charge is 0.479 e. The Morgan fingerprint density at radius 1 is 1.37 bits per heavy atom. The first-order valence-corrected chi connectivity index (χ1v) is 6.95. The molecule has 1 heterocycles. The zero-order valence-electron chi connectivity index (χ0n) is 11.0. The van der Waals surface area contributed by atoms with Gasteiger partial charge in [-0.2, -0.15) is 5.26 Å². The van der Waals surface area contributed by atoms with Gasteiger partial charge >= 0.3 is 0 Å². The van der Waals surface area contributed by atoms with E-state index in [0.29, 0.717) is 6.04 Å². The summed E-state index contributed by atoms with van der Waals surface area (Å²) in [5.74, 6) is 0.753. The summed E-state index contributed by atoms with van der Waals surface area (Å²) in [5, 5.41) is 12.1. The number of hydrogen-bond acceptors (Lipinski definition) is 4. The number of likely N-dealkylation sites (tertiary alicyclic amines) is 1. The zero-order chi connectivity index (χ0) is 13.1. The quantitative estimate of drug-likeness (QED) is 0.879. The van der Waals surface area contributed by atoms with Crippen molar-refractivity contribution in [2.24, 2.45) is 0 Å². The average molecular weight is 257 g/mol. The fourth-order valence-corrected chi connectivity index (χ4v) is 2.70. The minimum absolute atomic E-state index is 0.0995. The summed E-state index contributed by atoms with van der Waals surface area (Å²) in [6, 6.07) is 11.2. The minimum Gasteiger partial charge on any atom is -0.479 e. The third-order valence-electron chi connectivity index (χ3n) is 3.79. The van der Waals surface area contributed by atoms with Gasteiger partial charge in [0.1, 0.15) is 11.8 Å². The Kier molecular flexibility index (Phi) is 3.56. The molecule has 0 bridgehead atoms. The molecule has 2 fully saturated rings. The number of nitrogens with one attached hydrogen (secondary N) is 1. The van der Waals surface area contributed by atoms with Crippen molar-refractivity contribution in [2.75, 3.05) is 25.0 Å². The molecule has 1 aliphatic heterocycles. The number of nitrogens with zero attached hydrogens (tertiary/aromatic N) is 2. The molecule has 19 heavy (non-hydrogen) atoms. The SMILES string of the molecule is N#CCOc1cccc(NC2CCN(C3CC3)C2)c1. The number of anilines is 1. The lowest BCUT2D eigenvalue weighted by molar-refractivity contribution is 0.326. The zero-order valence-corrected chi connectivity index (χ0v) is 11.0. The normalized spacial score (nSPS) is 23.0. The maximum absolute atomic E-state index is 8.52. The summed E-state index contributed by atoms with van der Waals surface area (Å²) in [6.07, 6.45) is 3.97. The van der Waals surface area contributed by atoms with Gasteiger partial charge in [0.15, 0.2) is 6.61 Å². The van der Waals surface area contributed by atoms with Crippen LogP contribution in [0.25, 0.3) is 0 Å². The fraction of sp³-hybridized carbons (Fsp3) is 0.533. The van der Waals surface area contributed by atoms with Crippen LogP contribution < -0.4 is 10.1 Å². The van der Waals surface area contributed by atoms with Gasteiger partial charge in [0.2, 0.25) is 0 Å². The Labute approximate surface area is 114 Å². The lowest BCUT2D eigenvalue weighted by atomic mass is 10.2. The highest BCUT2D eigenvalue weighted by Gasteiger charge is 2.34. The standard InChI is InChI=1S/C15H19N3O/c16-7-9-19-15-3-1-2-12(10-15)17-13-6-8-18(11-13)14-4-5-14/h1-3,10,13-14,17H,4-6,8-9,11H2. The van der Waals surface area contributed by atoms with E-state index in [2.05, 4.69) is 16.3 Å². The monoisotopic (exact) mass is 257 g/mol. The molecule has 1 aromatic carbocycles. The third-order valence-corrected chi connectivity index (χ3v) is 3.79. The van der Waals surface area contributed by atoms with Crippen molar-refractivity contribution in [3.8, 4) is 11.8 Å². The van der Waals surface area contributed by atoms with Crippen LogP contribution in [0.15, 0.2) is 24.3 Å². The van der Waals surface area contributed by atoms with E-state index >= 15 is 0 Å². The van der Waals surface area contributed by atoms with Crippen LogP contribution in [0.2, 0.25) is 0 Å². The molecule has 1 aliphatic carbocycles. The summed E-state index contributed by atoms with van der Waals surface area (Å²) in [7, 11) is 0. The minimum atomic E-state index is 0.0995. The van der Waals surface area contributed by atoms with Gasteiger partial charge < -0.3 is 10.1 Å². The summed E-state index contributed by atoms with van der Waals surface area (Å²) in [5.41, 5.74) is 1.08. The van der Waals surface area contributed by atoms with Crippen LogP contribution in [-0.2, 0) is 0 Å². The summed E-state index contributed by atoms with van der Waals surface area (Å²) in [6.45, 7) is 2.46. The van der Waals surface area contributed by atoms with Crippen molar-refractivity contribution in [3.05, 3.63) is 24.3 Å². The Bertz CT molecular complexity index is 479. The van der Waals surface area contributed by atoms with E-state index in [-0.39, 0.29) is 6.61 Å². The number of rotatable bonds is 5. The summed E-state index contributed by atoms with van der Waals surface area (Å²) in [4.78, 5) is 2.59. The first kappa shape index (κ1) is 12.3. The number of hydrogen-bond donors (Lipinski definition) is 1. The van der Waals surface area contributed by atoms with Gasteiger partial charge in [-0.3, -0.25) is 4.90 Å². The van der Waals surface area contributed by atoms with Crippen LogP contribution in [0.1, 0.15) is 19.3 Å². The highest BCUT2D eigenvalue weighted by molar-refractivity contribution is 5.49. The second kappa shape index (κ2) is 5.50. The van der Waals surface area contributed by atoms with Crippen molar-refractivity contribution in [1.29, 1.82) is 5.26 Å². The van der Waals surface area contributed by atoms with Gasteiger partial charge in [0, 0.05) is 36.9 Å². The first-order chi connectivity index (χ1) is 9.35. The topological polar surface area (TPSA) is 48.3 Å². The Morgan fingerprint density at radius 2 is 2.26 bits per heavy atom. The molecule has 4 heteroatoms. The van der Waals surface area contributed by atoms with E-state index in [4.69, 9.17) is 10.00 Å². The third kappa shape index (κ3) is 3.18. The smallest absolute Gasteiger partial charge is 0.174 e. The van der Waals surface area contributed by atoms with Crippen LogP contribution >= 0.6 is 0 Å². The van der Waals surface area contributed by atoms with Crippen LogP contribution in [0.4, 0.5) is 5.69 Å².